The standard InChI is InChI=1S/C16H21ClN2O3/c1-18-3-2-4-19(6-5-18)15(20)11-12-9-13(17)16-14(10-12)21-7-8-22-16/h9-10H,2-8,11H2,1H3. The van der Waals surface area contributed by atoms with Gasteiger partial charge in [-0.1, -0.05) is 11.6 Å². The van der Waals surface area contributed by atoms with Crippen molar-refractivity contribution < 1.29 is 14.3 Å². The topological polar surface area (TPSA) is 42.0 Å². The van der Waals surface area contributed by atoms with Crippen LogP contribution in [0.2, 0.25) is 5.02 Å². The summed E-state index contributed by atoms with van der Waals surface area (Å²) < 4.78 is 11.1. The van der Waals surface area contributed by atoms with Crippen LogP contribution in [0.15, 0.2) is 12.1 Å². The number of fused-ring (bicyclic) bond motifs is 1. The van der Waals surface area contributed by atoms with Gasteiger partial charge < -0.3 is 19.3 Å². The number of ether oxygens (including phenoxy) is 2. The Kier molecular flexibility index (Phi) is 4.74. The highest BCUT2D eigenvalue weighted by Gasteiger charge is 2.21. The Labute approximate surface area is 135 Å². The van der Waals surface area contributed by atoms with E-state index in [9.17, 15) is 4.79 Å². The highest BCUT2D eigenvalue weighted by atomic mass is 35.5. The van der Waals surface area contributed by atoms with Crippen LogP contribution in [-0.4, -0.2) is 62.1 Å². The molecule has 3 rings (SSSR count). The normalized spacial score (nSPS) is 18.9. The van der Waals surface area contributed by atoms with Gasteiger partial charge in [-0.05, 0) is 37.7 Å². The molecule has 0 spiro atoms. The lowest BCUT2D eigenvalue weighted by atomic mass is 10.1. The van der Waals surface area contributed by atoms with E-state index in [2.05, 4.69) is 11.9 Å². The lowest BCUT2D eigenvalue weighted by Crippen LogP contribution is -2.35. The van der Waals surface area contributed by atoms with E-state index in [1.54, 1.807) is 6.07 Å². The predicted octanol–water partition coefficient (Wildman–Crippen LogP) is 1.82. The summed E-state index contributed by atoms with van der Waals surface area (Å²) in [5.74, 6) is 1.36. The Morgan fingerprint density at radius 2 is 2.00 bits per heavy atom. The number of rotatable bonds is 2. The molecule has 0 aromatic heterocycles. The Morgan fingerprint density at radius 1 is 1.18 bits per heavy atom. The largest absolute Gasteiger partial charge is 0.486 e. The van der Waals surface area contributed by atoms with Crippen LogP contribution in [0.4, 0.5) is 0 Å². The van der Waals surface area contributed by atoms with Crippen LogP contribution >= 0.6 is 11.6 Å². The number of likely N-dealkylation sites (N-methyl/N-ethyl adjacent to an activating group) is 1. The third kappa shape index (κ3) is 3.47. The summed E-state index contributed by atoms with van der Waals surface area (Å²) in [5, 5.41) is 0.510. The highest BCUT2D eigenvalue weighted by Crippen LogP contribution is 2.38. The number of hydrogen-bond donors (Lipinski definition) is 0. The van der Waals surface area contributed by atoms with E-state index in [1.165, 1.54) is 0 Å². The molecule has 0 saturated carbocycles. The molecule has 0 unspecified atom stereocenters. The first-order valence-corrected chi connectivity index (χ1v) is 8.05. The Hall–Kier alpha value is -1.46. The van der Waals surface area contributed by atoms with E-state index in [4.69, 9.17) is 21.1 Å². The summed E-state index contributed by atoms with van der Waals surface area (Å²) in [7, 11) is 2.09. The summed E-state index contributed by atoms with van der Waals surface area (Å²) in [6, 6.07) is 3.67. The molecule has 2 aliphatic heterocycles. The quantitative estimate of drug-likeness (QED) is 0.832. The molecule has 2 heterocycles. The second kappa shape index (κ2) is 6.75. The molecule has 0 bridgehead atoms. The second-order valence-corrected chi connectivity index (χ2v) is 6.22. The molecular weight excluding hydrogens is 304 g/mol. The molecule has 22 heavy (non-hydrogen) atoms. The molecule has 1 amide bonds. The van der Waals surface area contributed by atoms with E-state index >= 15 is 0 Å². The zero-order valence-corrected chi connectivity index (χ0v) is 13.6. The lowest BCUT2D eigenvalue weighted by Gasteiger charge is -2.22. The number of halogens is 1. The number of carbonyl (C=O) groups is 1. The number of amides is 1. The Morgan fingerprint density at radius 3 is 2.86 bits per heavy atom. The molecule has 0 atom stereocenters. The maximum atomic E-state index is 12.5. The number of benzene rings is 1. The van der Waals surface area contributed by atoms with Crippen molar-refractivity contribution in [3.8, 4) is 11.5 Å². The minimum atomic E-state index is 0.142. The molecule has 6 heteroatoms. The van der Waals surface area contributed by atoms with Crippen LogP contribution in [0.3, 0.4) is 0 Å². The van der Waals surface area contributed by atoms with Crippen LogP contribution in [0.1, 0.15) is 12.0 Å². The summed E-state index contributed by atoms with van der Waals surface area (Å²) >= 11 is 6.23. The summed E-state index contributed by atoms with van der Waals surface area (Å²) in [4.78, 5) is 16.7. The van der Waals surface area contributed by atoms with Crippen molar-refractivity contribution >= 4 is 17.5 Å². The van der Waals surface area contributed by atoms with Crippen molar-refractivity contribution in [1.29, 1.82) is 0 Å². The van der Waals surface area contributed by atoms with E-state index in [-0.39, 0.29) is 5.91 Å². The van der Waals surface area contributed by atoms with E-state index in [0.29, 0.717) is 36.2 Å². The molecule has 1 saturated heterocycles. The summed E-state index contributed by atoms with van der Waals surface area (Å²) in [6.45, 7) is 4.59. The number of nitrogens with zero attached hydrogens (tertiary/aromatic N) is 2. The van der Waals surface area contributed by atoms with E-state index < -0.39 is 0 Å². The van der Waals surface area contributed by atoms with Gasteiger partial charge in [0.15, 0.2) is 11.5 Å². The van der Waals surface area contributed by atoms with Gasteiger partial charge in [0.25, 0.3) is 0 Å². The fourth-order valence-corrected chi connectivity index (χ4v) is 3.14. The van der Waals surface area contributed by atoms with Crippen LogP contribution < -0.4 is 9.47 Å². The lowest BCUT2D eigenvalue weighted by molar-refractivity contribution is -0.130. The minimum Gasteiger partial charge on any atom is -0.486 e. The van der Waals surface area contributed by atoms with Crippen LogP contribution in [0, 0.1) is 0 Å². The van der Waals surface area contributed by atoms with E-state index in [1.807, 2.05) is 11.0 Å². The monoisotopic (exact) mass is 324 g/mol. The van der Waals surface area contributed by atoms with Gasteiger partial charge in [-0.25, -0.2) is 0 Å². The summed E-state index contributed by atoms with van der Waals surface area (Å²) in [6.07, 6.45) is 1.37. The Bertz CT molecular complexity index is 565. The van der Waals surface area contributed by atoms with Gasteiger partial charge in [0.2, 0.25) is 5.91 Å². The van der Waals surface area contributed by atoms with Gasteiger partial charge in [-0.2, -0.15) is 0 Å². The summed E-state index contributed by atoms with van der Waals surface area (Å²) in [5.41, 5.74) is 0.872. The molecule has 2 aliphatic rings. The zero-order valence-electron chi connectivity index (χ0n) is 12.8. The molecular formula is C16H21ClN2O3. The molecule has 0 aliphatic carbocycles. The smallest absolute Gasteiger partial charge is 0.227 e. The average molecular weight is 325 g/mol. The SMILES string of the molecule is CN1CCCN(C(=O)Cc2cc(Cl)c3c(c2)OCCO3)CC1. The van der Waals surface area contributed by atoms with Gasteiger partial charge in [0.1, 0.15) is 13.2 Å². The average Bonchev–Trinajstić information content (AvgIpc) is 2.72. The molecule has 0 radical (unpaired) electrons. The molecule has 1 fully saturated rings. The van der Waals surface area contributed by atoms with Crippen molar-refractivity contribution in [2.24, 2.45) is 0 Å². The van der Waals surface area contributed by atoms with Crippen molar-refractivity contribution in [2.75, 3.05) is 46.4 Å². The van der Waals surface area contributed by atoms with Crippen LogP contribution in [0.5, 0.6) is 11.5 Å². The molecule has 1 aromatic carbocycles. The Balaban J connectivity index is 1.70. The highest BCUT2D eigenvalue weighted by molar-refractivity contribution is 6.32. The first-order valence-electron chi connectivity index (χ1n) is 7.68. The van der Waals surface area contributed by atoms with Crippen molar-refractivity contribution in [3.63, 3.8) is 0 Å². The maximum Gasteiger partial charge on any atom is 0.227 e. The first kappa shape index (κ1) is 15.4. The number of hydrogen-bond acceptors (Lipinski definition) is 4. The van der Waals surface area contributed by atoms with Crippen molar-refractivity contribution in [2.45, 2.75) is 12.8 Å². The molecule has 5 nitrogen and oxygen atoms in total. The molecule has 1 aromatic rings. The van der Waals surface area contributed by atoms with Gasteiger partial charge in [0.05, 0.1) is 11.4 Å². The first-order chi connectivity index (χ1) is 10.6. The van der Waals surface area contributed by atoms with Gasteiger partial charge in [-0.3, -0.25) is 4.79 Å². The van der Waals surface area contributed by atoms with Crippen LogP contribution in [0.25, 0.3) is 0 Å². The van der Waals surface area contributed by atoms with Gasteiger partial charge in [-0.15, -0.1) is 0 Å². The maximum absolute atomic E-state index is 12.5. The van der Waals surface area contributed by atoms with E-state index in [0.717, 1.165) is 38.2 Å². The third-order valence-corrected chi connectivity index (χ3v) is 4.36. The molecule has 120 valence electrons. The zero-order chi connectivity index (χ0) is 15.5. The molecule has 0 N–H and O–H groups in total. The minimum absolute atomic E-state index is 0.142. The third-order valence-electron chi connectivity index (χ3n) is 4.08. The fourth-order valence-electron chi connectivity index (χ4n) is 2.85. The fraction of sp³-hybridized carbons (Fsp3) is 0.562. The second-order valence-electron chi connectivity index (χ2n) is 5.82. The van der Waals surface area contributed by atoms with Crippen molar-refractivity contribution in [1.82, 2.24) is 9.80 Å². The number of carbonyl (C=O) groups excluding carboxylic acids is 1. The van der Waals surface area contributed by atoms with Gasteiger partial charge in [0, 0.05) is 19.6 Å². The van der Waals surface area contributed by atoms with Crippen LogP contribution in [-0.2, 0) is 11.2 Å². The van der Waals surface area contributed by atoms with Gasteiger partial charge >= 0.3 is 0 Å². The van der Waals surface area contributed by atoms with Crippen molar-refractivity contribution in [3.05, 3.63) is 22.7 Å². The predicted molar refractivity (Wildman–Crippen MR) is 84.8 cm³/mol.